The Labute approximate surface area is 145 Å². The zero-order valence-electron chi connectivity index (χ0n) is 13.7. The van der Waals surface area contributed by atoms with E-state index in [-0.39, 0.29) is 5.91 Å². The van der Waals surface area contributed by atoms with Crippen LogP contribution < -0.4 is 10.1 Å². The summed E-state index contributed by atoms with van der Waals surface area (Å²) in [5, 5.41) is 10.4. The van der Waals surface area contributed by atoms with Crippen molar-refractivity contribution in [3.63, 3.8) is 0 Å². The van der Waals surface area contributed by atoms with Crippen molar-refractivity contribution in [1.82, 2.24) is 25.3 Å². The highest BCUT2D eigenvalue weighted by molar-refractivity contribution is 5.75. The van der Waals surface area contributed by atoms with E-state index in [4.69, 9.17) is 4.74 Å². The molecule has 7 nitrogen and oxygen atoms in total. The van der Waals surface area contributed by atoms with Gasteiger partial charge >= 0.3 is 0 Å². The van der Waals surface area contributed by atoms with Crippen LogP contribution in [0.25, 0.3) is 0 Å². The van der Waals surface area contributed by atoms with E-state index >= 15 is 0 Å². The molecule has 0 radical (unpaired) electrons. The number of aromatic nitrogens is 4. The number of aryl methyl sites for hydroxylation is 1. The molecule has 0 saturated carbocycles. The van der Waals surface area contributed by atoms with Crippen LogP contribution in [0.4, 0.5) is 0 Å². The molecule has 0 spiro atoms. The van der Waals surface area contributed by atoms with Crippen LogP contribution in [0.2, 0.25) is 0 Å². The largest absolute Gasteiger partial charge is 0.473 e. The van der Waals surface area contributed by atoms with E-state index in [1.54, 1.807) is 23.3 Å². The molecule has 3 aromatic rings. The number of hydrogen-bond donors (Lipinski definition) is 1. The van der Waals surface area contributed by atoms with Gasteiger partial charge in [-0.2, -0.15) is 0 Å². The van der Waals surface area contributed by atoms with Crippen molar-refractivity contribution in [2.45, 2.75) is 26.1 Å². The number of nitrogens with one attached hydrogen (secondary N) is 1. The van der Waals surface area contributed by atoms with Crippen molar-refractivity contribution in [3.8, 4) is 5.88 Å². The molecule has 2 aromatic heterocycles. The Kier molecular flexibility index (Phi) is 5.71. The van der Waals surface area contributed by atoms with E-state index < -0.39 is 0 Å². The maximum absolute atomic E-state index is 12.0. The van der Waals surface area contributed by atoms with Crippen LogP contribution in [0.5, 0.6) is 5.88 Å². The van der Waals surface area contributed by atoms with Gasteiger partial charge in [0.25, 0.3) is 0 Å². The summed E-state index contributed by atoms with van der Waals surface area (Å²) in [5.41, 5.74) is 1.91. The molecule has 0 atom stereocenters. The molecular formula is C18H19N5O2. The molecule has 2 heterocycles. The molecule has 3 rings (SSSR count). The molecule has 25 heavy (non-hydrogen) atoms. The molecule has 7 heteroatoms. The molecule has 128 valence electrons. The molecular weight excluding hydrogens is 318 g/mol. The normalized spacial score (nSPS) is 10.4. The van der Waals surface area contributed by atoms with E-state index in [9.17, 15) is 4.79 Å². The molecule has 0 aliphatic heterocycles. The Morgan fingerprint density at radius 2 is 2.00 bits per heavy atom. The number of nitrogens with zero attached hydrogens (tertiary/aromatic N) is 4. The third-order valence-electron chi connectivity index (χ3n) is 3.58. The summed E-state index contributed by atoms with van der Waals surface area (Å²) in [6.45, 7) is 1.30. The minimum atomic E-state index is -0.0617. The van der Waals surface area contributed by atoms with Gasteiger partial charge in [-0.1, -0.05) is 41.6 Å². The third-order valence-corrected chi connectivity index (χ3v) is 3.58. The minimum absolute atomic E-state index is 0.0617. The second-order valence-electron chi connectivity index (χ2n) is 5.43. The predicted molar refractivity (Wildman–Crippen MR) is 91.5 cm³/mol. The quantitative estimate of drug-likeness (QED) is 0.679. The van der Waals surface area contributed by atoms with Gasteiger partial charge in [-0.05, 0) is 11.6 Å². The average Bonchev–Trinajstić information content (AvgIpc) is 3.18. The van der Waals surface area contributed by atoms with Gasteiger partial charge < -0.3 is 10.1 Å². The zero-order valence-corrected chi connectivity index (χ0v) is 13.7. The monoisotopic (exact) mass is 337 g/mol. The fourth-order valence-electron chi connectivity index (χ4n) is 2.26. The number of carbonyl (C=O) groups is 1. The van der Waals surface area contributed by atoms with Gasteiger partial charge in [-0.15, -0.1) is 5.10 Å². The molecule has 0 fully saturated rings. The van der Waals surface area contributed by atoms with Crippen LogP contribution in [0, 0.1) is 0 Å². The average molecular weight is 337 g/mol. The van der Waals surface area contributed by atoms with Crippen LogP contribution in [0.15, 0.2) is 61.1 Å². The first-order valence-corrected chi connectivity index (χ1v) is 8.02. The molecule has 0 saturated heterocycles. The topological polar surface area (TPSA) is 81.9 Å². The lowest BCUT2D eigenvalue weighted by molar-refractivity contribution is -0.121. The summed E-state index contributed by atoms with van der Waals surface area (Å²) in [7, 11) is 0. The summed E-state index contributed by atoms with van der Waals surface area (Å²) < 4.78 is 7.41. The van der Waals surface area contributed by atoms with Gasteiger partial charge in [0.2, 0.25) is 11.8 Å². The van der Waals surface area contributed by atoms with Crippen LogP contribution in [0.1, 0.15) is 17.5 Å². The molecule has 0 aliphatic rings. The van der Waals surface area contributed by atoms with Crippen molar-refractivity contribution in [1.29, 1.82) is 0 Å². The number of hydrogen-bond acceptors (Lipinski definition) is 5. The van der Waals surface area contributed by atoms with Crippen LogP contribution in [0.3, 0.4) is 0 Å². The van der Waals surface area contributed by atoms with Gasteiger partial charge in [-0.3, -0.25) is 9.48 Å². The van der Waals surface area contributed by atoms with Gasteiger partial charge in [0.05, 0.1) is 12.7 Å². The highest BCUT2D eigenvalue weighted by Gasteiger charge is 2.08. The standard InChI is InChI=1S/C18H19N5O2/c24-17(8-11-23-12-10-21-22-23)20-13-16-7-4-9-19-18(16)25-14-15-5-2-1-3-6-15/h1-7,9-10,12H,8,11,13-14H2,(H,20,24). The number of benzene rings is 1. The maximum Gasteiger partial charge on any atom is 0.222 e. The van der Waals surface area contributed by atoms with E-state index in [2.05, 4.69) is 20.6 Å². The summed E-state index contributed by atoms with van der Waals surface area (Å²) >= 11 is 0. The summed E-state index contributed by atoms with van der Waals surface area (Å²) in [5.74, 6) is 0.469. The fourth-order valence-corrected chi connectivity index (χ4v) is 2.26. The first kappa shape index (κ1) is 16.6. The summed E-state index contributed by atoms with van der Waals surface area (Å²) in [6.07, 6.45) is 5.33. The Morgan fingerprint density at radius 3 is 2.80 bits per heavy atom. The number of pyridine rings is 1. The number of carbonyl (C=O) groups excluding carboxylic acids is 1. The highest BCUT2D eigenvalue weighted by Crippen LogP contribution is 2.16. The third kappa shape index (κ3) is 5.13. The molecule has 0 unspecified atom stereocenters. The molecule has 1 N–H and O–H groups in total. The van der Waals surface area contributed by atoms with Crippen LogP contribution in [-0.2, 0) is 24.5 Å². The Balaban J connectivity index is 1.51. The Morgan fingerprint density at radius 1 is 1.12 bits per heavy atom. The molecule has 1 amide bonds. The van der Waals surface area contributed by atoms with E-state index in [1.807, 2.05) is 42.5 Å². The first-order valence-electron chi connectivity index (χ1n) is 8.02. The summed E-state index contributed by atoms with van der Waals surface area (Å²) in [6, 6.07) is 13.6. The Bertz CT molecular complexity index is 790. The van der Waals surface area contributed by atoms with E-state index in [0.717, 1.165) is 11.1 Å². The van der Waals surface area contributed by atoms with E-state index in [0.29, 0.717) is 32.0 Å². The molecule has 0 aliphatic carbocycles. The zero-order chi connectivity index (χ0) is 17.3. The van der Waals surface area contributed by atoms with Crippen LogP contribution in [-0.4, -0.2) is 25.9 Å². The minimum Gasteiger partial charge on any atom is -0.473 e. The van der Waals surface area contributed by atoms with E-state index in [1.165, 1.54) is 0 Å². The summed E-state index contributed by atoms with van der Waals surface area (Å²) in [4.78, 5) is 16.2. The van der Waals surface area contributed by atoms with Gasteiger partial charge in [0.1, 0.15) is 6.61 Å². The second-order valence-corrected chi connectivity index (χ2v) is 5.43. The smallest absolute Gasteiger partial charge is 0.222 e. The van der Waals surface area contributed by atoms with Crippen molar-refractivity contribution in [3.05, 3.63) is 72.2 Å². The number of rotatable bonds is 8. The second kappa shape index (κ2) is 8.58. The van der Waals surface area contributed by atoms with Crippen LogP contribution >= 0.6 is 0 Å². The predicted octanol–water partition coefficient (Wildman–Crippen LogP) is 1.96. The number of amides is 1. The Hall–Kier alpha value is -3.22. The lowest BCUT2D eigenvalue weighted by Gasteiger charge is -2.11. The van der Waals surface area contributed by atoms with Crippen molar-refractivity contribution in [2.75, 3.05) is 0 Å². The number of ether oxygens (including phenoxy) is 1. The highest BCUT2D eigenvalue weighted by atomic mass is 16.5. The van der Waals surface area contributed by atoms with Gasteiger partial charge in [0, 0.05) is 30.9 Å². The first-order chi connectivity index (χ1) is 12.3. The maximum atomic E-state index is 12.0. The van der Waals surface area contributed by atoms with Crippen molar-refractivity contribution >= 4 is 5.91 Å². The van der Waals surface area contributed by atoms with Gasteiger partial charge in [0.15, 0.2) is 0 Å². The van der Waals surface area contributed by atoms with Crippen molar-refractivity contribution < 1.29 is 9.53 Å². The fraction of sp³-hybridized carbons (Fsp3) is 0.222. The molecule has 0 bridgehead atoms. The molecule has 1 aromatic carbocycles. The van der Waals surface area contributed by atoms with Crippen molar-refractivity contribution in [2.24, 2.45) is 0 Å². The SMILES string of the molecule is O=C(CCn1ccnn1)NCc1cccnc1OCc1ccccc1. The lowest BCUT2D eigenvalue weighted by Crippen LogP contribution is -2.24. The van der Waals surface area contributed by atoms with Gasteiger partial charge in [-0.25, -0.2) is 4.98 Å². The lowest BCUT2D eigenvalue weighted by atomic mass is 10.2.